The molecule has 0 radical (unpaired) electrons. The summed E-state index contributed by atoms with van der Waals surface area (Å²) in [4.78, 5) is 25.2. The van der Waals surface area contributed by atoms with Gasteiger partial charge in [0.25, 0.3) is 0 Å². The van der Waals surface area contributed by atoms with Gasteiger partial charge in [0, 0.05) is 49.2 Å². The van der Waals surface area contributed by atoms with Crippen LogP contribution in [0.1, 0.15) is 6.92 Å². The molecule has 5 aromatic rings. The Balaban J connectivity index is 1.12. The Bertz CT molecular complexity index is 1650. The third-order valence-electron chi connectivity index (χ3n) is 7.10. The largest absolute Gasteiger partial charge is 0.369 e. The van der Waals surface area contributed by atoms with Crippen molar-refractivity contribution in [3.63, 3.8) is 0 Å². The molecular formula is C29H28F2N8O. The summed E-state index contributed by atoms with van der Waals surface area (Å²) in [6.45, 7) is 7.44. The van der Waals surface area contributed by atoms with E-state index in [0.29, 0.717) is 23.3 Å². The van der Waals surface area contributed by atoms with E-state index in [2.05, 4.69) is 54.7 Å². The number of imidazole rings is 1. The van der Waals surface area contributed by atoms with Gasteiger partial charge in [0.05, 0.1) is 22.4 Å². The van der Waals surface area contributed by atoms with Gasteiger partial charge in [-0.05, 0) is 55.1 Å². The highest BCUT2D eigenvalue weighted by atomic mass is 19.1. The lowest BCUT2D eigenvalue weighted by Gasteiger charge is -2.35. The summed E-state index contributed by atoms with van der Waals surface area (Å²) in [5.41, 5.74) is 5.74. The lowest BCUT2D eigenvalue weighted by molar-refractivity contribution is 0.262. The first-order chi connectivity index (χ1) is 19.4. The van der Waals surface area contributed by atoms with E-state index in [0.717, 1.165) is 67.1 Å². The highest BCUT2D eigenvalue weighted by Gasteiger charge is 2.17. The predicted molar refractivity (Wildman–Crippen MR) is 152 cm³/mol. The Morgan fingerprint density at radius 1 is 0.950 bits per heavy atom. The topological polar surface area (TPSA) is 105 Å². The number of halogens is 2. The van der Waals surface area contributed by atoms with Gasteiger partial charge >= 0.3 is 6.03 Å². The minimum absolute atomic E-state index is 0.115. The molecule has 11 heteroatoms. The number of urea groups is 1. The Labute approximate surface area is 229 Å². The van der Waals surface area contributed by atoms with E-state index in [-0.39, 0.29) is 5.69 Å². The van der Waals surface area contributed by atoms with Crippen molar-refractivity contribution in [1.29, 1.82) is 0 Å². The van der Waals surface area contributed by atoms with Crippen LogP contribution in [0.25, 0.3) is 33.8 Å². The second-order valence-corrected chi connectivity index (χ2v) is 9.66. The number of amides is 2. The summed E-state index contributed by atoms with van der Waals surface area (Å²) in [6, 6.07) is 17.6. The van der Waals surface area contributed by atoms with Crippen LogP contribution < -0.4 is 15.5 Å². The molecule has 1 aliphatic heterocycles. The van der Waals surface area contributed by atoms with Crippen molar-refractivity contribution >= 4 is 34.1 Å². The summed E-state index contributed by atoms with van der Waals surface area (Å²) in [5.74, 6) is -0.869. The molecule has 0 bridgehead atoms. The maximum absolute atomic E-state index is 13.8. The van der Waals surface area contributed by atoms with E-state index < -0.39 is 17.7 Å². The summed E-state index contributed by atoms with van der Waals surface area (Å²) in [5, 5.41) is 12.5. The Hall–Kier alpha value is -4.77. The smallest absolute Gasteiger partial charge is 0.323 e. The molecule has 1 fully saturated rings. The number of benzene rings is 3. The van der Waals surface area contributed by atoms with Gasteiger partial charge in [0.15, 0.2) is 5.82 Å². The molecule has 6 rings (SSSR count). The molecule has 3 aromatic carbocycles. The second kappa shape index (κ2) is 10.8. The van der Waals surface area contributed by atoms with E-state index in [1.807, 2.05) is 24.3 Å². The van der Waals surface area contributed by atoms with Gasteiger partial charge in [-0.1, -0.05) is 19.1 Å². The van der Waals surface area contributed by atoms with Gasteiger partial charge < -0.3 is 25.4 Å². The number of hydrogen-bond acceptors (Lipinski definition) is 5. The monoisotopic (exact) mass is 542 g/mol. The van der Waals surface area contributed by atoms with Crippen molar-refractivity contribution in [2.24, 2.45) is 0 Å². The molecular weight excluding hydrogens is 514 g/mol. The predicted octanol–water partition coefficient (Wildman–Crippen LogP) is 5.68. The van der Waals surface area contributed by atoms with E-state index in [9.17, 15) is 13.6 Å². The normalized spacial score (nSPS) is 14.0. The number of nitrogens with one attached hydrogen (secondary N) is 4. The van der Waals surface area contributed by atoms with E-state index >= 15 is 0 Å². The molecule has 0 unspecified atom stereocenters. The van der Waals surface area contributed by atoms with Crippen LogP contribution in [-0.2, 0) is 0 Å². The minimum Gasteiger partial charge on any atom is -0.369 e. The van der Waals surface area contributed by atoms with Crippen LogP contribution >= 0.6 is 0 Å². The molecule has 2 amide bonds. The minimum atomic E-state index is -0.852. The average Bonchev–Trinajstić information content (AvgIpc) is 3.62. The SMILES string of the molecule is CCN1CCN(c2ccc3nc(-c4cc(-c5ccc(NC(=O)Nc6ccc(F)cc6F)cc5)n[nH]4)[nH]c3c2)CC1. The molecule has 0 spiro atoms. The van der Waals surface area contributed by atoms with Gasteiger partial charge in [0.1, 0.15) is 17.3 Å². The maximum atomic E-state index is 13.8. The summed E-state index contributed by atoms with van der Waals surface area (Å²) >= 11 is 0. The number of fused-ring (bicyclic) bond motifs is 1. The van der Waals surface area contributed by atoms with Crippen LogP contribution in [0.4, 0.5) is 30.6 Å². The zero-order valence-electron chi connectivity index (χ0n) is 21.8. The van der Waals surface area contributed by atoms with Crippen LogP contribution in [-0.4, -0.2) is 63.8 Å². The molecule has 9 nitrogen and oxygen atoms in total. The van der Waals surface area contributed by atoms with Crippen molar-refractivity contribution in [1.82, 2.24) is 25.1 Å². The molecule has 40 heavy (non-hydrogen) atoms. The fourth-order valence-corrected chi connectivity index (χ4v) is 4.83. The first-order valence-electron chi connectivity index (χ1n) is 13.1. The average molecular weight is 543 g/mol. The lowest BCUT2D eigenvalue weighted by Crippen LogP contribution is -2.46. The van der Waals surface area contributed by atoms with E-state index in [1.54, 1.807) is 12.1 Å². The van der Waals surface area contributed by atoms with Crippen molar-refractivity contribution in [2.75, 3.05) is 48.3 Å². The number of piperazine rings is 1. The number of H-pyrrole nitrogens is 2. The number of nitrogens with zero attached hydrogens (tertiary/aromatic N) is 4. The summed E-state index contributed by atoms with van der Waals surface area (Å²) in [7, 11) is 0. The van der Waals surface area contributed by atoms with Crippen molar-refractivity contribution in [3.8, 4) is 22.8 Å². The first-order valence-corrected chi connectivity index (χ1v) is 13.1. The number of carbonyl (C=O) groups is 1. The van der Waals surface area contributed by atoms with Crippen LogP contribution in [0.15, 0.2) is 66.7 Å². The third kappa shape index (κ3) is 5.36. The van der Waals surface area contributed by atoms with E-state index in [4.69, 9.17) is 4.98 Å². The van der Waals surface area contributed by atoms with E-state index in [1.165, 1.54) is 5.69 Å². The Kier molecular flexibility index (Phi) is 6.87. The number of rotatable bonds is 6. The highest BCUT2D eigenvalue weighted by Crippen LogP contribution is 2.27. The Morgan fingerprint density at radius 2 is 1.75 bits per heavy atom. The molecule has 1 aliphatic rings. The highest BCUT2D eigenvalue weighted by molar-refractivity contribution is 6.00. The van der Waals surface area contributed by atoms with Gasteiger partial charge in [-0.25, -0.2) is 18.6 Å². The quantitative estimate of drug-likeness (QED) is 0.221. The summed E-state index contributed by atoms with van der Waals surface area (Å²) < 4.78 is 26.9. The van der Waals surface area contributed by atoms with Gasteiger partial charge in [-0.15, -0.1) is 0 Å². The third-order valence-corrected chi connectivity index (χ3v) is 7.10. The van der Waals surface area contributed by atoms with Gasteiger partial charge in [-0.2, -0.15) is 5.10 Å². The number of aromatic nitrogens is 4. The molecule has 4 N–H and O–H groups in total. The zero-order valence-corrected chi connectivity index (χ0v) is 21.8. The fraction of sp³-hybridized carbons (Fsp3) is 0.207. The summed E-state index contributed by atoms with van der Waals surface area (Å²) in [6.07, 6.45) is 0. The number of likely N-dealkylation sites (N-methyl/N-ethyl adjacent to an activating group) is 1. The van der Waals surface area contributed by atoms with Gasteiger partial charge in [0.2, 0.25) is 0 Å². The number of aromatic amines is 2. The van der Waals surface area contributed by atoms with Crippen LogP contribution in [0, 0.1) is 11.6 Å². The van der Waals surface area contributed by atoms with Gasteiger partial charge in [-0.3, -0.25) is 5.10 Å². The standard InChI is InChI=1S/C29H28F2N8O/c1-2-38-11-13-39(14-12-38)21-8-10-24-26(16-21)34-28(33-24)27-17-25(36-37-27)18-3-6-20(7-4-18)32-29(40)35-23-9-5-19(30)15-22(23)31/h3-10,15-17H,2,11-14H2,1H3,(H,33,34)(H,36,37)(H2,32,35,40). The molecule has 3 heterocycles. The first kappa shape index (κ1) is 25.5. The van der Waals surface area contributed by atoms with Crippen molar-refractivity contribution in [2.45, 2.75) is 6.92 Å². The number of carbonyl (C=O) groups excluding carboxylic acids is 1. The fourth-order valence-electron chi connectivity index (χ4n) is 4.83. The second-order valence-electron chi connectivity index (χ2n) is 9.66. The molecule has 0 atom stereocenters. The Morgan fingerprint density at radius 3 is 2.50 bits per heavy atom. The number of hydrogen-bond donors (Lipinski definition) is 4. The van der Waals surface area contributed by atoms with Crippen LogP contribution in [0.2, 0.25) is 0 Å². The van der Waals surface area contributed by atoms with Crippen LogP contribution in [0.5, 0.6) is 0 Å². The van der Waals surface area contributed by atoms with Crippen LogP contribution in [0.3, 0.4) is 0 Å². The van der Waals surface area contributed by atoms with Crippen molar-refractivity contribution in [3.05, 3.63) is 78.4 Å². The molecule has 2 aromatic heterocycles. The molecule has 0 saturated carbocycles. The zero-order chi connectivity index (χ0) is 27.6. The van der Waals surface area contributed by atoms with Crippen molar-refractivity contribution < 1.29 is 13.6 Å². The molecule has 1 saturated heterocycles. The molecule has 0 aliphatic carbocycles. The maximum Gasteiger partial charge on any atom is 0.323 e. The molecule has 204 valence electrons. The number of anilines is 3. The lowest BCUT2D eigenvalue weighted by atomic mass is 10.1.